The zero-order valence-corrected chi connectivity index (χ0v) is 7.16. The summed E-state index contributed by atoms with van der Waals surface area (Å²) in [6.45, 7) is 0. The lowest BCUT2D eigenvalue weighted by molar-refractivity contribution is -0.118. The monoisotopic (exact) mass is 179 g/mol. The summed E-state index contributed by atoms with van der Waals surface area (Å²) in [7, 11) is 0. The number of rotatable bonds is 1. The van der Waals surface area contributed by atoms with Gasteiger partial charge in [-0.3, -0.25) is 4.79 Å². The summed E-state index contributed by atoms with van der Waals surface area (Å²) in [5.41, 5.74) is 0.586. The van der Waals surface area contributed by atoms with E-state index in [1.165, 1.54) is 6.07 Å². The summed E-state index contributed by atoms with van der Waals surface area (Å²) in [4.78, 5) is 15.0. The Hall–Kier alpha value is -1.25. The molecular formula is C10H10FNO. The molecule has 0 aliphatic heterocycles. The van der Waals surface area contributed by atoms with Crippen molar-refractivity contribution in [2.75, 3.05) is 0 Å². The van der Waals surface area contributed by atoms with Crippen molar-refractivity contribution in [3.05, 3.63) is 29.8 Å². The lowest BCUT2D eigenvalue weighted by Crippen LogP contribution is -2.06. The predicted octanol–water partition coefficient (Wildman–Crippen LogP) is 2.06. The van der Waals surface area contributed by atoms with Crippen LogP contribution in [0.3, 0.4) is 0 Å². The number of carbonyl (C=O) groups is 1. The molecule has 0 spiro atoms. The molecule has 1 aromatic rings. The molecular weight excluding hydrogens is 169 g/mol. The summed E-state index contributed by atoms with van der Waals surface area (Å²) < 4.78 is 12.7. The number of carbonyl (C=O) groups excluding carboxylic acids is 1. The molecule has 0 N–H and O–H groups in total. The summed E-state index contributed by atoms with van der Waals surface area (Å²) in [6.07, 6.45) is 2.33. The van der Waals surface area contributed by atoms with E-state index in [-0.39, 0.29) is 11.7 Å². The normalized spacial score (nSPS) is 22.2. The molecule has 1 saturated carbocycles. The summed E-state index contributed by atoms with van der Waals surface area (Å²) in [6, 6.07) is 4.61. The maximum Gasteiger partial charge on any atom is 0.213 e. The molecule has 2 nitrogen and oxygen atoms in total. The first-order chi connectivity index (χ1) is 6.27. The highest BCUT2D eigenvalue weighted by Crippen LogP contribution is 2.29. The summed E-state index contributed by atoms with van der Waals surface area (Å²) in [5, 5.41) is 0. The number of nitrogens with zero attached hydrogens (tertiary/aromatic N) is 1. The highest BCUT2D eigenvalue weighted by molar-refractivity contribution is 5.87. The van der Waals surface area contributed by atoms with Crippen LogP contribution in [0, 0.1) is 5.95 Å². The predicted molar refractivity (Wildman–Crippen MR) is 45.8 cm³/mol. The molecule has 1 aliphatic carbocycles. The number of Topliss-reactive ketones (excluding diaryl/α,β-unsaturated/α-hetero) is 1. The van der Waals surface area contributed by atoms with Crippen molar-refractivity contribution in [3.63, 3.8) is 0 Å². The summed E-state index contributed by atoms with van der Waals surface area (Å²) in [5.74, 6) is -0.467. The third-order valence-electron chi connectivity index (χ3n) is 2.40. The van der Waals surface area contributed by atoms with Crippen LogP contribution in [-0.4, -0.2) is 10.8 Å². The standard InChI is InChI=1S/C10H10FNO/c11-10-6-2-4-8(12-10)7-3-1-5-9(7)13/h2,4,6-7H,1,3,5H2. The number of aromatic nitrogens is 1. The van der Waals surface area contributed by atoms with Crippen LogP contribution in [0.25, 0.3) is 0 Å². The fourth-order valence-electron chi connectivity index (χ4n) is 1.75. The highest BCUT2D eigenvalue weighted by Gasteiger charge is 2.26. The maximum absolute atomic E-state index is 12.7. The van der Waals surface area contributed by atoms with Gasteiger partial charge in [-0.2, -0.15) is 4.39 Å². The van der Waals surface area contributed by atoms with Gasteiger partial charge in [-0.15, -0.1) is 0 Å². The molecule has 2 rings (SSSR count). The zero-order valence-electron chi connectivity index (χ0n) is 7.16. The lowest BCUT2D eigenvalue weighted by Gasteiger charge is -2.05. The summed E-state index contributed by atoms with van der Waals surface area (Å²) >= 11 is 0. The van der Waals surface area contributed by atoms with Crippen LogP contribution >= 0.6 is 0 Å². The van der Waals surface area contributed by atoms with E-state index in [4.69, 9.17) is 0 Å². The van der Waals surface area contributed by atoms with E-state index in [0.717, 1.165) is 12.8 Å². The molecule has 0 amide bonds. The molecule has 1 aromatic heterocycles. The second kappa shape index (κ2) is 3.24. The van der Waals surface area contributed by atoms with Crippen molar-refractivity contribution in [2.24, 2.45) is 0 Å². The van der Waals surface area contributed by atoms with Crippen molar-refractivity contribution in [1.29, 1.82) is 0 Å². The average Bonchev–Trinajstić information content (AvgIpc) is 2.51. The van der Waals surface area contributed by atoms with E-state index in [0.29, 0.717) is 12.1 Å². The fraction of sp³-hybridized carbons (Fsp3) is 0.400. The van der Waals surface area contributed by atoms with Crippen molar-refractivity contribution >= 4 is 5.78 Å². The van der Waals surface area contributed by atoms with Gasteiger partial charge in [-0.25, -0.2) is 4.98 Å². The van der Waals surface area contributed by atoms with Gasteiger partial charge in [0.2, 0.25) is 5.95 Å². The topological polar surface area (TPSA) is 30.0 Å². The Morgan fingerprint density at radius 1 is 1.46 bits per heavy atom. The second-order valence-corrected chi connectivity index (χ2v) is 3.30. The molecule has 0 aromatic carbocycles. The van der Waals surface area contributed by atoms with E-state index in [2.05, 4.69) is 4.98 Å². The van der Waals surface area contributed by atoms with Gasteiger partial charge in [-0.1, -0.05) is 6.07 Å². The molecule has 68 valence electrons. The van der Waals surface area contributed by atoms with Gasteiger partial charge in [0.1, 0.15) is 5.78 Å². The Bertz CT molecular complexity index is 337. The second-order valence-electron chi connectivity index (χ2n) is 3.30. The van der Waals surface area contributed by atoms with Crippen molar-refractivity contribution in [2.45, 2.75) is 25.2 Å². The van der Waals surface area contributed by atoms with Crippen molar-refractivity contribution in [1.82, 2.24) is 4.98 Å². The Balaban J connectivity index is 2.29. The van der Waals surface area contributed by atoms with Gasteiger partial charge in [0.25, 0.3) is 0 Å². The van der Waals surface area contributed by atoms with Gasteiger partial charge in [0.15, 0.2) is 0 Å². The van der Waals surface area contributed by atoms with Gasteiger partial charge in [-0.05, 0) is 25.0 Å². The number of ketones is 1. The SMILES string of the molecule is O=C1CCCC1c1cccc(F)n1. The smallest absolute Gasteiger partial charge is 0.213 e. The molecule has 1 fully saturated rings. The Morgan fingerprint density at radius 3 is 2.92 bits per heavy atom. The van der Waals surface area contributed by atoms with E-state index in [1.807, 2.05) is 0 Å². The molecule has 1 heterocycles. The molecule has 0 radical (unpaired) electrons. The Labute approximate surface area is 75.8 Å². The molecule has 1 aliphatic rings. The average molecular weight is 179 g/mol. The van der Waals surface area contributed by atoms with Crippen molar-refractivity contribution < 1.29 is 9.18 Å². The molecule has 0 saturated heterocycles. The number of halogens is 1. The van der Waals surface area contributed by atoms with Crippen LogP contribution in [0.1, 0.15) is 30.9 Å². The Kier molecular flexibility index (Phi) is 2.08. The van der Waals surface area contributed by atoms with E-state index in [9.17, 15) is 9.18 Å². The van der Waals surface area contributed by atoms with Gasteiger partial charge < -0.3 is 0 Å². The third kappa shape index (κ3) is 1.59. The van der Waals surface area contributed by atoms with E-state index >= 15 is 0 Å². The number of pyridine rings is 1. The first-order valence-corrected chi connectivity index (χ1v) is 4.42. The van der Waals surface area contributed by atoms with Crippen LogP contribution in [0.15, 0.2) is 18.2 Å². The van der Waals surface area contributed by atoms with Crippen LogP contribution in [0.2, 0.25) is 0 Å². The van der Waals surface area contributed by atoms with Gasteiger partial charge in [0.05, 0.1) is 11.6 Å². The maximum atomic E-state index is 12.7. The fourth-order valence-corrected chi connectivity index (χ4v) is 1.75. The number of hydrogen-bond acceptors (Lipinski definition) is 2. The van der Waals surface area contributed by atoms with Crippen LogP contribution < -0.4 is 0 Å². The Morgan fingerprint density at radius 2 is 2.31 bits per heavy atom. The minimum atomic E-state index is -0.503. The molecule has 1 atom stereocenters. The van der Waals surface area contributed by atoms with Gasteiger partial charge >= 0.3 is 0 Å². The van der Waals surface area contributed by atoms with Gasteiger partial charge in [0, 0.05) is 6.42 Å². The highest BCUT2D eigenvalue weighted by atomic mass is 19.1. The minimum Gasteiger partial charge on any atom is -0.299 e. The molecule has 3 heteroatoms. The lowest BCUT2D eigenvalue weighted by atomic mass is 10.0. The minimum absolute atomic E-state index is 0.157. The first kappa shape index (κ1) is 8.35. The van der Waals surface area contributed by atoms with Crippen LogP contribution in [0.4, 0.5) is 4.39 Å². The molecule has 0 bridgehead atoms. The molecule has 13 heavy (non-hydrogen) atoms. The quantitative estimate of drug-likeness (QED) is 0.617. The van der Waals surface area contributed by atoms with Crippen LogP contribution in [-0.2, 0) is 4.79 Å². The van der Waals surface area contributed by atoms with E-state index in [1.54, 1.807) is 12.1 Å². The third-order valence-corrected chi connectivity index (χ3v) is 2.40. The van der Waals surface area contributed by atoms with Crippen LogP contribution in [0.5, 0.6) is 0 Å². The van der Waals surface area contributed by atoms with Crippen molar-refractivity contribution in [3.8, 4) is 0 Å². The number of hydrogen-bond donors (Lipinski definition) is 0. The van der Waals surface area contributed by atoms with E-state index < -0.39 is 5.95 Å². The first-order valence-electron chi connectivity index (χ1n) is 4.42. The molecule has 1 unspecified atom stereocenters. The zero-order chi connectivity index (χ0) is 9.26. The largest absolute Gasteiger partial charge is 0.299 e.